The molecule has 0 saturated heterocycles. The van der Waals surface area contributed by atoms with Crippen molar-refractivity contribution in [1.29, 1.82) is 0 Å². The molecular weight excluding hydrogens is 344 g/mol. The first-order chi connectivity index (χ1) is 13.2. The van der Waals surface area contributed by atoms with E-state index in [2.05, 4.69) is 20.6 Å². The van der Waals surface area contributed by atoms with Crippen LogP contribution in [-0.2, 0) is 0 Å². The summed E-state index contributed by atoms with van der Waals surface area (Å²) in [4.78, 5) is 20.8. The minimum absolute atomic E-state index is 0.222. The predicted octanol–water partition coefficient (Wildman–Crippen LogP) is 3.55. The Kier molecular flexibility index (Phi) is 4.57. The minimum Gasteiger partial charge on any atom is -0.486 e. The zero-order valence-electron chi connectivity index (χ0n) is 14.7. The maximum Gasteiger partial charge on any atom is 0.275 e. The van der Waals surface area contributed by atoms with Crippen molar-refractivity contribution in [3.05, 3.63) is 66.1 Å². The molecule has 0 saturated carbocycles. The molecule has 2 N–H and O–H groups in total. The molecule has 1 aromatic heterocycles. The Labute approximate surface area is 156 Å². The molecule has 7 heteroatoms. The number of carbonyl (C=O) groups is 1. The van der Waals surface area contributed by atoms with Crippen LogP contribution in [-0.4, -0.2) is 29.1 Å². The van der Waals surface area contributed by atoms with Gasteiger partial charge in [-0.05, 0) is 36.8 Å². The Balaban J connectivity index is 1.43. The van der Waals surface area contributed by atoms with Crippen LogP contribution in [0.25, 0.3) is 0 Å². The van der Waals surface area contributed by atoms with E-state index in [1.165, 1.54) is 12.4 Å². The summed E-state index contributed by atoms with van der Waals surface area (Å²) in [5, 5.41) is 5.95. The van der Waals surface area contributed by atoms with Gasteiger partial charge in [-0.15, -0.1) is 0 Å². The van der Waals surface area contributed by atoms with Crippen molar-refractivity contribution in [3.8, 4) is 11.5 Å². The quantitative estimate of drug-likeness (QED) is 0.738. The third kappa shape index (κ3) is 3.98. The zero-order valence-corrected chi connectivity index (χ0v) is 14.7. The first-order valence-corrected chi connectivity index (χ1v) is 8.54. The van der Waals surface area contributed by atoms with Crippen LogP contribution in [0.1, 0.15) is 16.1 Å². The third-order valence-corrected chi connectivity index (χ3v) is 3.98. The maximum absolute atomic E-state index is 12.4. The third-order valence-electron chi connectivity index (χ3n) is 3.98. The Bertz CT molecular complexity index is 973. The van der Waals surface area contributed by atoms with Gasteiger partial charge >= 0.3 is 0 Å². The normalized spacial score (nSPS) is 12.3. The van der Waals surface area contributed by atoms with Gasteiger partial charge in [-0.1, -0.05) is 12.1 Å². The summed E-state index contributed by atoms with van der Waals surface area (Å²) in [6, 6.07) is 13.2. The lowest BCUT2D eigenvalue weighted by molar-refractivity contribution is 0.102. The second kappa shape index (κ2) is 7.33. The van der Waals surface area contributed by atoms with Crippen molar-refractivity contribution in [2.45, 2.75) is 6.92 Å². The van der Waals surface area contributed by atoms with E-state index in [1.807, 2.05) is 31.2 Å². The molecule has 7 nitrogen and oxygen atoms in total. The van der Waals surface area contributed by atoms with Gasteiger partial charge in [-0.3, -0.25) is 4.79 Å². The van der Waals surface area contributed by atoms with Crippen molar-refractivity contribution in [2.24, 2.45) is 0 Å². The molecule has 1 aliphatic heterocycles. The van der Waals surface area contributed by atoms with E-state index < -0.39 is 0 Å². The van der Waals surface area contributed by atoms with Crippen molar-refractivity contribution in [2.75, 3.05) is 23.8 Å². The number of hydrogen-bond acceptors (Lipinski definition) is 6. The van der Waals surface area contributed by atoms with Crippen LogP contribution in [0.3, 0.4) is 0 Å². The monoisotopic (exact) mass is 362 g/mol. The molecule has 0 atom stereocenters. The summed E-state index contributed by atoms with van der Waals surface area (Å²) < 4.78 is 11.0. The number of nitrogens with zero attached hydrogens (tertiary/aromatic N) is 2. The van der Waals surface area contributed by atoms with Gasteiger partial charge in [-0.2, -0.15) is 0 Å². The van der Waals surface area contributed by atoms with Crippen LogP contribution in [0.15, 0.2) is 54.9 Å². The van der Waals surface area contributed by atoms with Crippen LogP contribution in [0, 0.1) is 6.92 Å². The topological polar surface area (TPSA) is 85.4 Å². The Morgan fingerprint density at radius 2 is 1.81 bits per heavy atom. The van der Waals surface area contributed by atoms with E-state index in [-0.39, 0.29) is 11.6 Å². The number of hydrogen-bond donors (Lipinski definition) is 2. The molecule has 0 bridgehead atoms. The van der Waals surface area contributed by atoms with Crippen molar-refractivity contribution < 1.29 is 14.3 Å². The van der Waals surface area contributed by atoms with E-state index in [9.17, 15) is 4.79 Å². The molecule has 3 aromatic rings. The molecule has 4 rings (SSSR count). The molecule has 1 aliphatic rings. The Hall–Kier alpha value is -3.61. The smallest absolute Gasteiger partial charge is 0.275 e. The molecule has 0 unspecified atom stereocenters. The summed E-state index contributed by atoms with van der Waals surface area (Å²) in [7, 11) is 0. The Morgan fingerprint density at radius 3 is 2.59 bits per heavy atom. The Morgan fingerprint density at radius 1 is 0.963 bits per heavy atom. The van der Waals surface area contributed by atoms with Gasteiger partial charge in [0.2, 0.25) is 0 Å². The largest absolute Gasteiger partial charge is 0.486 e. The first-order valence-electron chi connectivity index (χ1n) is 8.54. The molecular formula is C20H18N4O3. The van der Waals surface area contributed by atoms with E-state index in [0.717, 1.165) is 11.3 Å². The number of carbonyl (C=O) groups excluding carboxylic acids is 1. The number of fused-ring (bicyclic) bond motifs is 1. The molecule has 0 aliphatic carbocycles. The number of amides is 1. The number of rotatable bonds is 4. The van der Waals surface area contributed by atoms with Gasteiger partial charge in [0.05, 0.1) is 12.4 Å². The highest BCUT2D eigenvalue weighted by atomic mass is 16.6. The van der Waals surface area contributed by atoms with Gasteiger partial charge in [0, 0.05) is 17.4 Å². The van der Waals surface area contributed by atoms with Crippen molar-refractivity contribution >= 4 is 23.1 Å². The summed E-state index contributed by atoms with van der Waals surface area (Å²) in [5.74, 6) is 1.51. The van der Waals surface area contributed by atoms with Gasteiger partial charge < -0.3 is 20.1 Å². The lowest BCUT2D eigenvalue weighted by Gasteiger charge is -2.18. The standard InChI is InChI=1S/C20H18N4O3/c1-13-3-2-4-14(9-13)23-19-12-21-16(11-22-19)20(25)24-15-5-6-17-18(10-15)27-8-7-26-17/h2-6,9-12H,7-8H2,1H3,(H,22,23)(H,24,25). The number of benzene rings is 2. The van der Waals surface area contributed by atoms with E-state index in [1.54, 1.807) is 18.2 Å². The van der Waals surface area contributed by atoms with Crippen molar-refractivity contribution in [3.63, 3.8) is 0 Å². The molecule has 136 valence electrons. The summed E-state index contributed by atoms with van der Waals surface area (Å²) in [5.41, 5.74) is 2.88. The summed E-state index contributed by atoms with van der Waals surface area (Å²) in [6.07, 6.45) is 2.96. The average Bonchev–Trinajstić information content (AvgIpc) is 2.68. The second-order valence-corrected chi connectivity index (χ2v) is 6.09. The fraction of sp³-hybridized carbons (Fsp3) is 0.150. The van der Waals surface area contributed by atoms with Crippen LogP contribution in [0.2, 0.25) is 0 Å². The predicted molar refractivity (Wildman–Crippen MR) is 102 cm³/mol. The number of anilines is 3. The number of nitrogens with one attached hydrogen (secondary N) is 2. The van der Waals surface area contributed by atoms with E-state index in [0.29, 0.717) is 36.2 Å². The molecule has 1 amide bonds. The number of ether oxygens (including phenoxy) is 2. The molecule has 2 aromatic carbocycles. The lowest BCUT2D eigenvalue weighted by Crippen LogP contribution is -2.17. The number of aryl methyl sites for hydroxylation is 1. The minimum atomic E-state index is -0.346. The second-order valence-electron chi connectivity index (χ2n) is 6.09. The lowest BCUT2D eigenvalue weighted by atomic mass is 10.2. The van der Waals surface area contributed by atoms with Crippen LogP contribution < -0.4 is 20.1 Å². The SMILES string of the molecule is Cc1cccc(Nc2cnc(C(=O)Nc3ccc4c(c3)OCCO4)cn2)c1. The van der Waals surface area contributed by atoms with Crippen LogP contribution in [0.5, 0.6) is 11.5 Å². The summed E-state index contributed by atoms with van der Waals surface area (Å²) in [6.45, 7) is 3.03. The zero-order chi connectivity index (χ0) is 18.6. The number of aromatic nitrogens is 2. The highest BCUT2D eigenvalue weighted by molar-refractivity contribution is 6.02. The molecule has 27 heavy (non-hydrogen) atoms. The molecule has 0 radical (unpaired) electrons. The molecule has 0 spiro atoms. The summed E-state index contributed by atoms with van der Waals surface area (Å²) >= 11 is 0. The highest BCUT2D eigenvalue weighted by Gasteiger charge is 2.14. The van der Waals surface area contributed by atoms with E-state index >= 15 is 0 Å². The molecule has 0 fully saturated rings. The maximum atomic E-state index is 12.4. The average molecular weight is 362 g/mol. The van der Waals surface area contributed by atoms with Gasteiger partial charge in [-0.25, -0.2) is 9.97 Å². The first kappa shape index (κ1) is 16.8. The molecule has 2 heterocycles. The highest BCUT2D eigenvalue weighted by Crippen LogP contribution is 2.32. The van der Waals surface area contributed by atoms with Crippen LogP contribution >= 0.6 is 0 Å². The van der Waals surface area contributed by atoms with Gasteiger partial charge in [0.15, 0.2) is 11.5 Å². The van der Waals surface area contributed by atoms with Crippen LogP contribution in [0.4, 0.5) is 17.2 Å². The van der Waals surface area contributed by atoms with Crippen molar-refractivity contribution in [1.82, 2.24) is 9.97 Å². The van der Waals surface area contributed by atoms with Gasteiger partial charge in [0.25, 0.3) is 5.91 Å². The fourth-order valence-corrected chi connectivity index (χ4v) is 2.70. The van der Waals surface area contributed by atoms with E-state index in [4.69, 9.17) is 9.47 Å². The van der Waals surface area contributed by atoms with Gasteiger partial charge in [0.1, 0.15) is 24.7 Å². The fourth-order valence-electron chi connectivity index (χ4n) is 2.70.